The Morgan fingerprint density at radius 2 is 1.80 bits per heavy atom. The number of likely N-dealkylation sites (N-methyl/N-ethyl adjacent to an activating group) is 1. The van der Waals surface area contributed by atoms with E-state index in [9.17, 15) is 9.90 Å². The molecule has 0 atom stereocenters. The smallest absolute Gasteiger partial charge is 0.352 e. The third kappa shape index (κ3) is 3.72. The van der Waals surface area contributed by atoms with Crippen molar-refractivity contribution in [3.63, 3.8) is 0 Å². The first-order valence-electron chi connectivity index (χ1n) is 9.13. The van der Waals surface area contributed by atoms with Crippen LogP contribution in [0.15, 0.2) is 18.2 Å². The predicted octanol–water partition coefficient (Wildman–Crippen LogP) is 2.79. The zero-order chi connectivity index (χ0) is 18.1. The number of piperazine rings is 1. The molecule has 5 heteroatoms. The van der Waals surface area contributed by atoms with Crippen molar-refractivity contribution in [1.29, 1.82) is 0 Å². The van der Waals surface area contributed by atoms with E-state index in [4.69, 9.17) is 0 Å². The number of hydrogen-bond acceptors (Lipinski definition) is 3. The molecule has 1 aromatic carbocycles. The molecule has 0 unspecified atom stereocenters. The van der Waals surface area contributed by atoms with Gasteiger partial charge in [0.2, 0.25) is 0 Å². The number of nitrogens with zero attached hydrogens (tertiary/aromatic N) is 3. The highest BCUT2D eigenvalue weighted by molar-refractivity contribution is 5.96. The van der Waals surface area contributed by atoms with Crippen LogP contribution >= 0.6 is 0 Å². The molecular weight excluding hydrogens is 314 g/mol. The summed E-state index contributed by atoms with van der Waals surface area (Å²) in [5.74, 6) is -0.506. The van der Waals surface area contributed by atoms with Gasteiger partial charge in [-0.05, 0) is 42.6 Å². The van der Waals surface area contributed by atoms with Gasteiger partial charge >= 0.3 is 5.97 Å². The van der Waals surface area contributed by atoms with Gasteiger partial charge in [0.25, 0.3) is 0 Å². The van der Waals surface area contributed by atoms with Crippen LogP contribution in [0.1, 0.15) is 41.4 Å². The first-order valence-corrected chi connectivity index (χ1v) is 9.13. The minimum absolute atomic E-state index is 0.355. The van der Waals surface area contributed by atoms with Crippen LogP contribution in [0.25, 0.3) is 10.9 Å². The summed E-state index contributed by atoms with van der Waals surface area (Å²) in [7, 11) is 4.02. The molecule has 1 saturated heterocycles. The van der Waals surface area contributed by atoms with Gasteiger partial charge in [0.05, 0.1) is 5.52 Å². The van der Waals surface area contributed by atoms with Crippen LogP contribution in [-0.2, 0) is 13.5 Å². The van der Waals surface area contributed by atoms with E-state index in [1.165, 1.54) is 11.1 Å². The zero-order valence-corrected chi connectivity index (χ0v) is 15.7. The minimum atomic E-state index is -0.868. The highest BCUT2D eigenvalue weighted by Gasteiger charge is 2.18. The van der Waals surface area contributed by atoms with Gasteiger partial charge in [-0.25, -0.2) is 4.79 Å². The van der Waals surface area contributed by atoms with E-state index in [1.807, 2.05) is 17.7 Å². The second-order valence-corrected chi connectivity index (χ2v) is 7.57. The summed E-state index contributed by atoms with van der Waals surface area (Å²) in [6.07, 6.45) is 1.01. The van der Waals surface area contributed by atoms with E-state index in [2.05, 4.69) is 42.8 Å². The van der Waals surface area contributed by atoms with Crippen molar-refractivity contribution in [2.24, 2.45) is 7.05 Å². The number of aromatic nitrogens is 1. The van der Waals surface area contributed by atoms with Crippen LogP contribution in [0, 0.1) is 0 Å². The van der Waals surface area contributed by atoms with E-state index >= 15 is 0 Å². The van der Waals surface area contributed by atoms with Crippen molar-refractivity contribution in [3.05, 3.63) is 35.0 Å². The molecule has 1 aliphatic heterocycles. The molecule has 136 valence electrons. The van der Waals surface area contributed by atoms with Gasteiger partial charge < -0.3 is 19.5 Å². The third-order valence-electron chi connectivity index (χ3n) is 5.37. The van der Waals surface area contributed by atoms with Crippen molar-refractivity contribution in [3.8, 4) is 0 Å². The number of benzene rings is 1. The van der Waals surface area contributed by atoms with Crippen molar-refractivity contribution in [2.45, 2.75) is 26.2 Å². The number of hydrogen-bond donors (Lipinski definition) is 1. The van der Waals surface area contributed by atoms with Crippen LogP contribution in [0.3, 0.4) is 0 Å². The SMILES string of the molecule is CC(C)c1cc(CCN2CCN(C)CC2)cc2cc(C(=O)O)n(C)c12. The quantitative estimate of drug-likeness (QED) is 0.907. The number of carbonyl (C=O) groups is 1. The fourth-order valence-corrected chi connectivity index (χ4v) is 3.75. The van der Waals surface area contributed by atoms with Gasteiger partial charge in [-0.1, -0.05) is 19.9 Å². The Morgan fingerprint density at radius 1 is 1.12 bits per heavy atom. The largest absolute Gasteiger partial charge is 0.477 e. The van der Waals surface area contributed by atoms with Crippen LogP contribution in [0.2, 0.25) is 0 Å². The molecule has 1 N–H and O–H groups in total. The van der Waals surface area contributed by atoms with Crippen LogP contribution < -0.4 is 0 Å². The summed E-state index contributed by atoms with van der Waals surface area (Å²) in [6, 6.07) is 6.25. The zero-order valence-electron chi connectivity index (χ0n) is 15.7. The lowest BCUT2D eigenvalue weighted by atomic mass is 9.96. The minimum Gasteiger partial charge on any atom is -0.477 e. The van der Waals surface area contributed by atoms with Crippen molar-refractivity contribution >= 4 is 16.9 Å². The molecule has 2 heterocycles. The molecule has 0 aliphatic carbocycles. The summed E-state index contributed by atoms with van der Waals surface area (Å²) < 4.78 is 1.82. The van der Waals surface area contributed by atoms with Crippen molar-refractivity contribution in [2.75, 3.05) is 39.8 Å². The first kappa shape index (κ1) is 18.0. The highest BCUT2D eigenvalue weighted by atomic mass is 16.4. The second-order valence-electron chi connectivity index (χ2n) is 7.57. The van der Waals surface area contributed by atoms with Crippen LogP contribution in [0.4, 0.5) is 0 Å². The summed E-state index contributed by atoms with van der Waals surface area (Å²) in [5, 5.41) is 10.5. The standard InChI is InChI=1S/C20H29N3O2/c1-14(2)17-12-15(5-6-23-9-7-21(3)8-10-23)11-16-13-18(20(24)25)22(4)19(16)17/h11-14H,5-10H2,1-4H3,(H,24,25). The third-order valence-corrected chi connectivity index (χ3v) is 5.37. The first-order chi connectivity index (χ1) is 11.9. The van der Waals surface area contributed by atoms with Crippen LogP contribution in [-0.4, -0.2) is 65.2 Å². The van der Waals surface area contributed by atoms with E-state index < -0.39 is 5.97 Å². The molecule has 5 nitrogen and oxygen atoms in total. The molecule has 0 saturated carbocycles. The molecule has 3 rings (SSSR count). The Morgan fingerprint density at radius 3 is 2.40 bits per heavy atom. The Kier molecular flexibility index (Phi) is 5.16. The number of aromatic carboxylic acids is 1. The van der Waals surface area contributed by atoms with Gasteiger partial charge in [-0.2, -0.15) is 0 Å². The average molecular weight is 343 g/mol. The monoisotopic (exact) mass is 343 g/mol. The molecule has 1 aromatic heterocycles. The van der Waals surface area contributed by atoms with Crippen LogP contribution in [0.5, 0.6) is 0 Å². The molecule has 0 bridgehead atoms. The maximum absolute atomic E-state index is 11.5. The topological polar surface area (TPSA) is 48.7 Å². The molecule has 0 amide bonds. The molecule has 1 aliphatic rings. The highest BCUT2D eigenvalue weighted by Crippen LogP contribution is 2.30. The van der Waals surface area contributed by atoms with Gasteiger partial charge in [-0.15, -0.1) is 0 Å². The average Bonchev–Trinajstić information content (AvgIpc) is 2.90. The molecular formula is C20H29N3O2. The van der Waals surface area contributed by atoms with Gasteiger partial charge in [0.15, 0.2) is 0 Å². The lowest BCUT2D eigenvalue weighted by molar-refractivity contribution is 0.0687. The van der Waals surface area contributed by atoms with Gasteiger partial charge in [-0.3, -0.25) is 0 Å². The number of carboxylic acids is 1. The van der Waals surface area contributed by atoms with Gasteiger partial charge in [0, 0.05) is 45.2 Å². The fourth-order valence-electron chi connectivity index (χ4n) is 3.75. The summed E-state index contributed by atoms with van der Waals surface area (Å²) in [6.45, 7) is 9.94. The summed E-state index contributed by atoms with van der Waals surface area (Å²) >= 11 is 0. The molecule has 25 heavy (non-hydrogen) atoms. The Hall–Kier alpha value is -1.85. The number of rotatable bonds is 5. The molecule has 2 aromatic rings. The Balaban J connectivity index is 1.87. The van der Waals surface area contributed by atoms with E-state index in [0.29, 0.717) is 11.6 Å². The lowest BCUT2D eigenvalue weighted by Crippen LogP contribution is -2.45. The lowest BCUT2D eigenvalue weighted by Gasteiger charge is -2.32. The number of fused-ring (bicyclic) bond motifs is 1. The maximum atomic E-state index is 11.5. The molecule has 0 spiro atoms. The second kappa shape index (κ2) is 7.18. The number of aryl methyl sites for hydroxylation is 1. The maximum Gasteiger partial charge on any atom is 0.352 e. The number of carboxylic acid groups (broad SMARTS) is 1. The van der Waals surface area contributed by atoms with Crippen molar-refractivity contribution < 1.29 is 9.90 Å². The molecule has 1 fully saturated rings. The Bertz CT molecular complexity index is 771. The Labute approximate surface area is 149 Å². The fraction of sp³-hybridized carbons (Fsp3) is 0.550. The van der Waals surface area contributed by atoms with Gasteiger partial charge in [0.1, 0.15) is 5.69 Å². The summed E-state index contributed by atoms with van der Waals surface area (Å²) in [4.78, 5) is 16.4. The predicted molar refractivity (Wildman–Crippen MR) is 102 cm³/mol. The summed E-state index contributed by atoms with van der Waals surface area (Å²) in [5.41, 5.74) is 3.95. The molecule has 0 radical (unpaired) electrons. The van der Waals surface area contributed by atoms with E-state index in [1.54, 1.807) is 0 Å². The van der Waals surface area contributed by atoms with E-state index in [-0.39, 0.29) is 0 Å². The normalized spacial score (nSPS) is 16.8. The van der Waals surface area contributed by atoms with Crippen molar-refractivity contribution in [1.82, 2.24) is 14.4 Å². The van der Waals surface area contributed by atoms with E-state index in [0.717, 1.165) is 50.0 Å².